The van der Waals surface area contributed by atoms with Crippen LogP contribution in [0.3, 0.4) is 0 Å². The van der Waals surface area contributed by atoms with E-state index in [2.05, 4.69) is 12.1 Å². The average molecular weight is 500 g/mol. The van der Waals surface area contributed by atoms with Gasteiger partial charge in [0.1, 0.15) is 6.61 Å². The predicted octanol–water partition coefficient (Wildman–Crippen LogP) is 4.67. The molecule has 2 aromatic carbocycles. The largest absolute Gasteiger partial charge is 0.490 e. The van der Waals surface area contributed by atoms with Crippen molar-refractivity contribution >= 4 is 11.9 Å². The fourth-order valence-corrected chi connectivity index (χ4v) is 3.38. The van der Waals surface area contributed by atoms with E-state index in [-0.39, 0.29) is 35.9 Å². The van der Waals surface area contributed by atoms with E-state index in [0.29, 0.717) is 25.3 Å². The molecular formula is C24H25F5N2O4. The number of ether oxygens (including phenoxy) is 1. The van der Waals surface area contributed by atoms with E-state index in [9.17, 15) is 26.7 Å². The normalized spacial score (nSPS) is 14.7. The van der Waals surface area contributed by atoms with Gasteiger partial charge in [-0.05, 0) is 42.5 Å². The Hall–Kier alpha value is -3.47. The summed E-state index contributed by atoms with van der Waals surface area (Å²) in [6, 6.07) is 14.4. The van der Waals surface area contributed by atoms with Gasteiger partial charge in [0.2, 0.25) is 0 Å². The van der Waals surface area contributed by atoms with Gasteiger partial charge in [-0.25, -0.2) is 13.6 Å². The van der Waals surface area contributed by atoms with Crippen molar-refractivity contribution in [3.8, 4) is 5.75 Å². The van der Waals surface area contributed by atoms with Gasteiger partial charge in [-0.1, -0.05) is 30.3 Å². The van der Waals surface area contributed by atoms with Gasteiger partial charge in [0, 0.05) is 30.8 Å². The van der Waals surface area contributed by atoms with E-state index < -0.39 is 18.0 Å². The molecule has 0 atom stereocenters. The Bertz CT molecular complexity index is 1020. The summed E-state index contributed by atoms with van der Waals surface area (Å²) >= 11 is 0. The van der Waals surface area contributed by atoms with Crippen molar-refractivity contribution in [3.05, 3.63) is 77.4 Å². The minimum atomic E-state index is -5.08. The maximum Gasteiger partial charge on any atom is 0.490 e. The quantitative estimate of drug-likeness (QED) is 0.563. The highest BCUT2D eigenvalue weighted by Gasteiger charge is 2.38. The summed E-state index contributed by atoms with van der Waals surface area (Å²) in [6.45, 7) is 1.14. The van der Waals surface area contributed by atoms with Gasteiger partial charge in [-0.3, -0.25) is 4.79 Å². The number of carbonyl (C=O) groups is 2. The second-order valence-electron chi connectivity index (χ2n) is 7.69. The highest BCUT2D eigenvalue weighted by molar-refractivity contribution is 5.94. The number of alkyl halides is 3. The average Bonchev–Trinajstić information content (AvgIpc) is 2.85. The molecule has 0 bridgehead atoms. The molecule has 1 heterocycles. The summed E-state index contributed by atoms with van der Waals surface area (Å²) in [6.07, 6.45) is -2.96. The number of piperidine rings is 1. The van der Waals surface area contributed by atoms with Gasteiger partial charge < -0.3 is 20.5 Å². The Morgan fingerprint density at radius 3 is 2.20 bits per heavy atom. The van der Waals surface area contributed by atoms with Gasteiger partial charge >= 0.3 is 12.1 Å². The van der Waals surface area contributed by atoms with Crippen LogP contribution in [0.25, 0.3) is 0 Å². The van der Waals surface area contributed by atoms with Crippen LogP contribution in [-0.2, 0) is 4.79 Å². The van der Waals surface area contributed by atoms with E-state index in [1.165, 1.54) is 23.8 Å². The van der Waals surface area contributed by atoms with E-state index in [0.717, 1.165) is 12.8 Å². The van der Waals surface area contributed by atoms with Crippen LogP contribution >= 0.6 is 0 Å². The first-order valence-corrected chi connectivity index (χ1v) is 10.6. The number of benzene rings is 2. The zero-order chi connectivity index (χ0) is 26.0. The Labute approximate surface area is 198 Å². The maximum absolute atomic E-state index is 14.3. The van der Waals surface area contributed by atoms with Gasteiger partial charge in [0.25, 0.3) is 5.91 Å². The molecule has 190 valence electrons. The van der Waals surface area contributed by atoms with Crippen molar-refractivity contribution in [2.24, 2.45) is 5.73 Å². The van der Waals surface area contributed by atoms with E-state index in [1.54, 1.807) is 4.90 Å². The number of amides is 1. The number of nitrogens with zero attached hydrogens (tertiary/aromatic N) is 1. The predicted molar refractivity (Wildman–Crippen MR) is 118 cm³/mol. The summed E-state index contributed by atoms with van der Waals surface area (Å²) in [7, 11) is 0. The van der Waals surface area contributed by atoms with Crippen molar-refractivity contribution < 1.29 is 41.4 Å². The van der Waals surface area contributed by atoms with Crippen LogP contribution in [0.15, 0.2) is 60.4 Å². The van der Waals surface area contributed by atoms with Crippen LogP contribution in [0, 0.1) is 5.82 Å². The number of carboxylic acids is 1. The lowest BCUT2D eigenvalue weighted by molar-refractivity contribution is -0.192. The number of rotatable bonds is 6. The molecule has 6 nitrogen and oxygen atoms in total. The van der Waals surface area contributed by atoms with Crippen molar-refractivity contribution in [2.75, 3.05) is 26.2 Å². The summed E-state index contributed by atoms with van der Waals surface area (Å²) < 4.78 is 63.8. The van der Waals surface area contributed by atoms with E-state index in [4.69, 9.17) is 20.4 Å². The molecule has 3 rings (SSSR count). The number of hydrogen-bond donors (Lipinski definition) is 2. The molecule has 1 aliphatic rings. The second-order valence-corrected chi connectivity index (χ2v) is 7.69. The number of likely N-dealkylation sites (tertiary alicyclic amines) is 1. The molecule has 0 saturated carbocycles. The molecule has 0 aliphatic carbocycles. The van der Waals surface area contributed by atoms with Crippen LogP contribution < -0.4 is 10.5 Å². The number of nitrogens with two attached hydrogens (primary N) is 1. The molecule has 3 N–H and O–H groups in total. The molecule has 0 aromatic heterocycles. The van der Waals surface area contributed by atoms with Crippen LogP contribution in [0.2, 0.25) is 0 Å². The highest BCUT2D eigenvalue weighted by Crippen LogP contribution is 2.29. The zero-order valence-electron chi connectivity index (χ0n) is 18.6. The first kappa shape index (κ1) is 27.8. The Morgan fingerprint density at radius 1 is 1.11 bits per heavy atom. The lowest BCUT2D eigenvalue weighted by atomic mass is 9.89. The molecular weight excluding hydrogens is 475 g/mol. The SMILES string of the molecule is NC/C(=C/F)COc1ccc(C(=O)N2CCC(c3ccccc3)CC2)cc1F.O=C(O)C(F)(F)F. The lowest BCUT2D eigenvalue weighted by Crippen LogP contribution is -2.37. The third-order valence-corrected chi connectivity index (χ3v) is 5.30. The zero-order valence-corrected chi connectivity index (χ0v) is 18.6. The second kappa shape index (κ2) is 12.8. The molecule has 1 aliphatic heterocycles. The fraction of sp³-hybridized carbons (Fsp3) is 0.333. The first-order valence-electron chi connectivity index (χ1n) is 10.6. The van der Waals surface area contributed by atoms with E-state index >= 15 is 0 Å². The van der Waals surface area contributed by atoms with Crippen molar-refractivity contribution in [3.63, 3.8) is 0 Å². The van der Waals surface area contributed by atoms with Crippen LogP contribution in [0.4, 0.5) is 22.0 Å². The Morgan fingerprint density at radius 2 is 1.71 bits per heavy atom. The van der Waals surface area contributed by atoms with Crippen LogP contribution in [0.1, 0.15) is 34.7 Å². The molecule has 1 fully saturated rings. The summed E-state index contributed by atoms with van der Waals surface area (Å²) in [5.41, 5.74) is 7.14. The summed E-state index contributed by atoms with van der Waals surface area (Å²) in [5, 5.41) is 7.12. The smallest absolute Gasteiger partial charge is 0.486 e. The fourth-order valence-electron chi connectivity index (χ4n) is 3.38. The number of hydrogen-bond acceptors (Lipinski definition) is 4. The third-order valence-electron chi connectivity index (χ3n) is 5.30. The highest BCUT2D eigenvalue weighted by atomic mass is 19.4. The van der Waals surface area contributed by atoms with Gasteiger partial charge in [-0.2, -0.15) is 13.2 Å². The monoisotopic (exact) mass is 500 g/mol. The third kappa shape index (κ3) is 8.36. The van der Waals surface area contributed by atoms with Gasteiger partial charge in [0.05, 0.1) is 6.33 Å². The van der Waals surface area contributed by atoms with Crippen molar-refractivity contribution in [1.82, 2.24) is 4.90 Å². The molecule has 35 heavy (non-hydrogen) atoms. The maximum atomic E-state index is 14.3. The summed E-state index contributed by atoms with van der Waals surface area (Å²) in [5.74, 6) is -3.19. The minimum absolute atomic E-state index is 0.00633. The standard InChI is InChI=1S/C22H24F2N2O2.C2HF3O2/c23-13-16(14-25)15-28-21-7-6-19(12-20(21)24)22(27)26-10-8-18(9-11-26)17-4-2-1-3-5-17;3-2(4,5)1(6)7/h1-7,12-13,18H,8-11,14-15,25H2;(H,6,7)/b16-13-;. The lowest BCUT2D eigenvalue weighted by Gasteiger charge is -2.32. The molecule has 1 saturated heterocycles. The molecule has 0 radical (unpaired) electrons. The number of halogens is 5. The van der Waals surface area contributed by atoms with Gasteiger partial charge in [-0.15, -0.1) is 0 Å². The molecule has 0 spiro atoms. The van der Waals surface area contributed by atoms with Crippen LogP contribution in [0.5, 0.6) is 5.75 Å². The molecule has 0 unspecified atom stereocenters. The van der Waals surface area contributed by atoms with E-state index in [1.807, 2.05) is 18.2 Å². The van der Waals surface area contributed by atoms with Crippen molar-refractivity contribution in [1.29, 1.82) is 0 Å². The summed E-state index contributed by atoms with van der Waals surface area (Å²) in [4.78, 5) is 23.4. The van der Waals surface area contributed by atoms with Gasteiger partial charge in [0.15, 0.2) is 11.6 Å². The molecule has 11 heteroatoms. The molecule has 2 aromatic rings. The van der Waals surface area contributed by atoms with Crippen molar-refractivity contribution in [2.45, 2.75) is 24.9 Å². The Kier molecular flexibility index (Phi) is 10.2. The van der Waals surface area contributed by atoms with Crippen LogP contribution in [-0.4, -0.2) is 54.3 Å². The topological polar surface area (TPSA) is 92.9 Å². The minimum Gasteiger partial charge on any atom is -0.486 e. The molecule has 1 amide bonds. The number of carbonyl (C=O) groups excluding carboxylic acids is 1. The Balaban J connectivity index is 0.000000540. The number of carboxylic acid groups (broad SMARTS) is 1. The number of aliphatic carboxylic acids is 1. The first-order chi connectivity index (χ1) is 16.6.